The van der Waals surface area contributed by atoms with Crippen LogP contribution in [0.4, 0.5) is 0 Å². The third-order valence-electron chi connectivity index (χ3n) is 4.50. The zero-order valence-corrected chi connectivity index (χ0v) is 13.1. The summed E-state index contributed by atoms with van der Waals surface area (Å²) < 4.78 is 11.2. The predicted octanol–water partition coefficient (Wildman–Crippen LogP) is 2.66. The lowest BCUT2D eigenvalue weighted by Crippen LogP contribution is -2.33. The highest BCUT2D eigenvalue weighted by atomic mass is 16.5. The maximum absolute atomic E-state index is 5.76. The predicted molar refractivity (Wildman–Crippen MR) is 77.5 cm³/mol. The molecular formula is C15H27N3O2. The van der Waals surface area contributed by atoms with E-state index in [0.29, 0.717) is 17.9 Å². The molecular weight excluding hydrogens is 254 g/mol. The van der Waals surface area contributed by atoms with Crippen molar-refractivity contribution in [2.45, 2.75) is 64.0 Å². The molecule has 1 aliphatic rings. The van der Waals surface area contributed by atoms with Gasteiger partial charge in [-0.2, -0.15) is 4.98 Å². The van der Waals surface area contributed by atoms with Gasteiger partial charge in [-0.25, -0.2) is 0 Å². The van der Waals surface area contributed by atoms with E-state index in [2.05, 4.69) is 29.3 Å². The highest BCUT2D eigenvalue weighted by molar-refractivity contribution is 5.04. The zero-order chi connectivity index (χ0) is 14.6. The highest BCUT2D eigenvalue weighted by Crippen LogP contribution is 2.38. The van der Waals surface area contributed by atoms with Crippen LogP contribution in [0.3, 0.4) is 0 Å². The van der Waals surface area contributed by atoms with Crippen molar-refractivity contribution in [1.29, 1.82) is 0 Å². The molecule has 0 radical (unpaired) electrons. The van der Waals surface area contributed by atoms with Crippen molar-refractivity contribution in [3.8, 4) is 0 Å². The SMILES string of the molecule is CNC(Cc1nc(C2(OC)CCCCC2)no1)C(C)C. The van der Waals surface area contributed by atoms with Gasteiger partial charge in [-0.05, 0) is 25.8 Å². The number of likely N-dealkylation sites (N-methyl/N-ethyl adjacent to an activating group) is 1. The Hall–Kier alpha value is -0.940. The lowest BCUT2D eigenvalue weighted by Gasteiger charge is -2.32. The molecule has 1 aromatic heterocycles. The lowest BCUT2D eigenvalue weighted by atomic mass is 9.84. The molecule has 1 unspecified atom stereocenters. The Kier molecular flexibility index (Phi) is 5.16. The van der Waals surface area contributed by atoms with Crippen LogP contribution in [0.15, 0.2) is 4.52 Å². The Morgan fingerprint density at radius 1 is 1.30 bits per heavy atom. The molecule has 0 saturated heterocycles. The van der Waals surface area contributed by atoms with Gasteiger partial charge in [0.1, 0.15) is 5.60 Å². The van der Waals surface area contributed by atoms with E-state index in [1.807, 2.05) is 7.05 Å². The molecule has 1 aromatic rings. The summed E-state index contributed by atoms with van der Waals surface area (Å²) in [5.41, 5.74) is -0.326. The fourth-order valence-corrected chi connectivity index (χ4v) is 3.02. The van der Waals surface area contributed by atoms with E-state index in [0.717, 1.165) is 25.1 Å². The van der Waals surface area contributed by atoms with Crippen molar-refractivity contribution in [1.82, 2.24) is 15.5 Å². The number of nitrogens with zero attached hydrogens (tertiary/aromatic N) is 2. The second-order valence-electron chi connectivity index (χ2n) is 6.11. The molecule has 1 aliphatic carbocycles. The number of hydrogen-bond acceptors (Lipinski definition) is 5. The van der Waals surface area contributed by atoms with Gasteiger partial charge in [-0.3, -0.25) is 0 Å². The van der Waals surface area contributed by atoms with E-state index in [4.69, 9.17) is 9.26 Å². The summed E-state index contributed by atoms with van der Waals surface area (Å²) in [4.78, 5) is 4.60. The first-order valence-electron chi connectivity index (χ1n) is 7.67. The van der Waals surface area contributed by atoms with Crippen LogP contribution in [-0.2, 0) is 16.8 Å². The number of ether oxygens (including phenoxy) is 1. The molecule has 5 heteroatoms. The fraction of sp³-hybridized carbons (Fsp3) is 0.867. The molecule has 1 N–H and O–H groups in total. The van der Waals surface area contributed by atoms with Crippen molar-refractivity contribution in [3.63, 3.8) is 0 Å². The molecule has 1 heterocycles. The van der Waals surface area contributed by atoms with Crippen LogP contribution in [0.1, 0.15) is 57.7 Å². The number of rotatable bonds is 6. The minimum atomic E-state index is -0.326. The second-order valence-corrected chi connectivity index (χ2v) is 6.11. The molecule has 1 saturated carbocycles. The van der Waals surface area contributed by atoms with E-state index in [-0.39, 0.29) is 5.60 Å². The highest BCUT2D eigenvalue weighted by Gasteiger charge is 2.38. The largest absolute Gasteiger partial charge is 0.370 e. The third kappa shape index (κ3) is 3.20. The van der Waals surface area contributed by atoms with Crippen LogP contribution in [0.5, 0.6) is 0 Å². The van der Waals surface area contributed by atoms with Gasteiger partial charge in [0.25, 0.3) is 0 Å². The van der Waals surface area contributed by atoms with Crippen molar-refractivity contribution >= 4 is 0 Å². The Morgan fingerprint density at radius 3 is 2.55 bits per heavy atom. The van der Waals surface area contributed by atoms with Gasteiger partial charge < -0.3 is 14.6 Å². The minimum absolute atomic E-state index is 0.326. The van der Waals surface area contributed by atoms with Crippen LogP contribution in [-0.4, -0.2) is 30.3 Å². The average molecular weight is 281 g/mol. The summed E-state index contributed by atoms with van der Waals surface area (Å²) in [5.74, 6) is 1.96. The first-order chi connectivity index (χ1) is 9.61. The van der Waals surface area contributed by atoms with Gasteiger partial charge in [0.15, 0.2) is 0 Å². The first kappa shape index (κ1) is 15.4. The van der Waals surface area contributed by atoms with E-state index in [9.17, 15) is 0 Å². The fourth-order valence-electron chi connectivity index (χ4n) is 3.02. The van der Waals surface area contributed by atoms with Crippen molar-refractivity contribution in [3.05, 3.63) is 11.7 Å². The Labute approximate surface area is 121 Å². The molecule has 114 valence electrons. The number of aromatic nitrogens is 2. The van der Waals surface area contributed by atoms with Gasteiger partial charge >= 0.3 is 0 Å². The van der Waals surface area contributed by atoms with E-state index in [1.54, 1.807) is 7.11 Å². The molecule has 0 amide bonds. The molecule has 1 atom stereocenters. The van der Waals surface area contributed by atoms with Crippen LogP contribution in [0.2, 0.25) is 0 Å². The summed E-state index contributed by atoms with van der Waals surface area (Å²) in [6.07, 6.45) is 6.35. The number of nitrogens with one attached hydrogen (secondary N) is 1. The summed E-state index contributed by atoms with van der Waals surface area (Å²) in [6, 6.07) is 0.355. The van der Waals surface area contributed by atoms with Crippen molar-refractivity contribution in [2.24, 2.45) is 5.92 Å². The summed E-state index contributed by atoms with van der Waals surface area (Å²) in [7, 11) is 3.73. The smallest absolute Gasteiger partial charge is 0.228 e. The van der Waals surface area contributed by atoms with Gasteiger partial charge in [0.2, 0.25) is 11.7 Å². The summed E-state index contributed by atoms with van der Waals surface area (Å²) >= 11 is 0. The third-order valence-corrected chi connectivity index (χ3v) is 4.50. The minimum Gasteiger partial charge on any atom is -0.370 e. The van der Waals surface area contributed by atoms with Crippen LogP contribution < -0.4 is 5.32 Å². The standard InChI is InChI=1S/C15H27N3O2/c1-11(2)12(16-3)10-13-17-14(18-20-13)15(19-4)8-6-5-7-9-15/h11-12,16H,5-10H2,1-4H3. The molecule has 0 bridgehead atoms. The average Bonchev–Trinajstić information content (AvgIpc) is 2.94. The van der Waals surface area contributed by atoms with E-state index >= 15 is 0 Å². The Balaban J connectivity index is 2.11. The normalized spacial score (nSPS) is 20.2. The maximum atomic E-state index is 5.76. The molecule has 0 spiro atoms. The van der Waals surface area contributed by atoms with Gasteiger partial charge in [0.05, 0.1) is 0 Å². The van der Waals surface area contributed by atoms with Gasteiger partial charge in [-0.15, -0.1) is 0 Å². The Morgan fingerprint density at radius 2 is 2.00 bits per heavy atom. The van der Waals surface area contributed by atoms with Crippen molar-refractivity contribution in [2.75, 3.05) is 14.2 Å². The topological polar surface area (TPSA) is 60.2 Å². The summed E-state index contributed by atoms with van der Waals surface area (Å²) in [5, 5.41) is 7.49. The van der Waals surface area contributed by atoms with Crippen LogP contribution >= 0.6 is 0 Å². The molecule has 2 rings (SSSR count). The molecule has 1 fully saturated rings. The molecule has 20 heavy (non-hydrogen) atoms. The molecule has 5 nitrogen and oxygen atoms in total. The van der Waals surface area contributed by atoms with Crippen LogP contribution in [0.25, 0.3) is 0 Å². The van der Waals surface area contributed by atoms with Gasteiger partial charge in [0, 0.05) is 19.6 Å². The van der Waals surface area contributed by atoms with Gasteiger partial charge in [-0.1, -0.05) is 38.3 Å². The molecule has 0 aliphatic heterocycles. The maximum Gasteiger partial charge on any atom is 0.228 e. The second kappa shape index (κ2) is 6.68. The quantitative estimate of drug-likeness (QED) is 0.868. The Bertz CT molecular complexity index is 411. The lowest BCUT2D eigenvalue weighted by molar-refractivity contribution is -0.0527. The summed E-state index contributed by atoms with van der Waals surface area (Å²) in [6.45, 7) is 4.38. The zero-order valence-electron chi connectivity index (χ0n) is 13.1. The molecule has 0 aromatic carbocycles. The van der Waals surface area contributed by atoms with Crippen LogP contribution in [0, 0.1) is 5.92 Å². The number of hydrogen-bond donors (Lipinski definition) is 1. The monoisotopic (exact) mass is 281 g/mol. The first-order valence-corrected chi connectivity index (χ1v) is 7.67. The van der Waals surface area contributed by atoms with Crippen molar-refractivity contribution < 1.29 is 9.26 Å². The van der Waals surface area contributed by atoms with E-state index < -0.39 is 0 Å². The number of methoxy groups -OCH3 is 1. The van der Waals surface area contributed by atoms with E-state index in [1.165, 1.54) is 19.3 Å².